The van der Waals surface area contributed by atoms with E-state index in [9.17, 15) is 22.4 Å². The SMILES string of the molecule is CC[C@@H]1Oc2ccc(S(=O)(=O)NC(=O)Cc3ccc(F)cc3)cc2NC1=O. The Morgan fingerprint density at radius 2 is 1.93 bits per heavy atom. The van der Waals surface area contributed by atoms with Crippen molar-refractivity contribution >= 4 is 27.5 Å². The minimum absolute atomic E-state index is 0.187. The summed E-state index contributed by atoms with van der Waals surface area (Å²) in [6.07, 6.45) is -0.372. The highest BCUT2D eigenvalue weighted by molar-refractivity contribution is 7.90. The Bertz CT molecular complexity index is 989. The minimum atomic E-state index is -4.14. The van der Waals surface area contributed by atoms with Crippen LogP contribution in [-0.4, -0.2) is 26.3 Å². The van der Waals surface area contributed by atoms with Crippen LogP contribution >= 0.6 is 0 Å². The smallest absolute Gasteiger partial charge is 0.265 e. The van der Waals surface area contributed by atoms with Gasteiger partial charge in [-0.05, 0) is 42.3 Å². The van der Waals surface area contributed by atoms with Gasteiger partial charge in [0.25, 0.3) is 15.9 Å². The molecule has 2 N–H and O–H groups in total. The van der Waals surface area contributed by atoms with Gasteiger partial charge in [-0.25, -0.2) is 17.5 Å². The van der Waals surface area contributed by atoms with Gasteiger partial charge in [0, 0.05) is 0 Å². The maximum Gasteiger partial charge on any atom is 0.265 e. The van der Waals surface area contributed by atoms with Gasteiger partial charge in [0.2, 0.25) is 5.91 Å². The average Bonchev–Trinajstić information content (AvgIpc) is 2.62. The number of nitrogens with one attached hydrogen (secondary N) is 2. The first-order chi connectivity index (χ1) is 12.8. The molecule has 9 heteroatoms. The van der Waals surface area contributed by atoms with Crippen molar-refractivity contribution in [3.8, 4) is 5.75 Å². The molecule has 27 heavy (non-hydrogen) atoms. The second-order valence-electron chi connectivity index (χ2n) is 5.99. The van der Waals surface area contributed by atoms with Crippen molar-refractivity contribution in [3.05, 3.63) is 53.8 Å². The lowest BCUT2D eigenvalue weighted by molar-refractivity contribution is -0.123. The summed E-state index contributed by atoms with van der Waals surface area (Å²) in [7, 11) is -4.14. The van der Waals surface area contributed by atoms with Crippen LogP contribution in [0.1, 0.15) is 18.9 Å². The number of sulfonamides is 1. The molecule has 2 aromatic rings. The van der Waals surface area contributed by atoms with Gasteiger partial charge in [-0.2, -0.15) is 0 Å². The van der Waals surface area contributed by atoms with Crippen LogP contribution in [0, 0.1) is 5.82 Å². The predicted octanol–water partition coefficient (Wildman–Crippen LogP) is 1.98. The number of anilines is 1. The largest absolute Gasteiger partial charge is 0.478 e. The lowest BCUT2D eigenvalue weighted by Crippen LogP contribution is -2.36. The van der Waals surface area contributed by atoms with E-state index in [0.29, 0.717) is 17.7 Å². The van der Waals surface area contributed by atoms with E-state index < -0.39 is 27.9 Å². The van der Waals surface area contributed by atoms with E-state index in [1.165, 1.54) is 42.5 Å². The summed E-state index contributed by atoms with van der Waals surface area (Å²) < 4.78 is 45.2. The Kier molecular flexibility index (Phi) is 5.13. The number of fused-ring (bicyclic) bond motifs is 1. The third kappa shape index (κ3) is 4.25. The van der Waals surface area contributed by atoms with Gasteiger partial charge in [-0.15, -0.1) is 0 Å². The van der Waals surface area contributed by atoms with Crippen molar-refractivity contribution in [2.24, 2.45) is 0 Å². The molecule has 0 unspecified atom stereocenters. The molecule has 1 aliphatic rings. The fraction of sp³-hybridized carbons (Fsp3) is 0.222. The van der Waals surface area contributed by atoms with Gasteiger partial charge in [0.05, 0.1) is 17.0 Å². The van der Waals surface area contributed by atoms with Crippen molar-refractivity contribution in [3.63, 3.8) is 0 Å². The van der Waals surface area contributed by atoms with Crippen molar-refractivity contribution in [1.29, 1.82) is 0 Å². The van der Waals surface area contributed by atoms with E-state index in [1.807, 2.05) is 4.72 Å². The number of hydrogen-bond acceptors (Lipinski definition) is 5. The molecule has 1 heterocycles. The summed E-state index contributed by atoms with van der Waals surface area (Å²) in [5, 5.41) is 2.60. The minimum Gasteiger partial charge on any atom is -0.478 e. The van der Waals surface area contributed by atoms with E-state index in [2.05, 4.69) is 5.32 Å². The Morgan fingerprint density at radius 1 is 1.22 bits per heavy atom. The summed E-state index contributed by atoms with van der Waals surface area (Å²) in [6, 6.07) is 9.12. The normalized spacial score (nSPS) is 16.1. The van der Waals surface area contributed by atoms with Crippen molar-refractivity contribution in [2.45, 2.75) is 30.8 Å². The standard InChI is InChI=1S/C18H17FN2O5S/c1-2-15-18(23)20-14-10-13(7-8-16(14)26-15)27(24,25)21-17(22)9-11-3-5-12(19)6-4-11/h3-8,10,15H,2,9H2,1H3,(H,20,23)(H,21,22)/t15-/m0/s1. The van der Waals surface area contributed by atoms with Gasteiger partial charge >= 0.3 is 0 Å². The van der Waals surface area contributed by atoms with Crippen LogP contribution in [0.3, 0.4) is 0 Å². The van der Waals surface area contributed by atoms with Crippen LogP contribution in [0.2, 0.25) is 0 Å². The molecule has 3 rings (SSSR count). The molecule has 0 fully saturated rings. The molecule has 2 aromatic carbocycles. The summed E-state index contributed by atoms with van der Waals surface area (Å²) in [6.45, 7) is 1.80. The first-order valence-corrected chi connectivity index (χ1v) is 9.68. The monoisotopic (exact) mass is 392 g/mol. The van der Waals surface area contributed by atoms with E-state index in [4.69, 9.17) is 4.74 Å². The molecular formula is C18H17FN2O5S. The van der Waals surface area contributed by atoms with Gasteiger partial charge in [-0.1, -0.05) is 19.1 Å². The number of carbonyl (C=O) groups is 2. The number of ether oxygens (including phenoxy) is 1. The van der Waals surface area contributed by atoms with E-state index >= 15 is 0 Å². The summed E-state index contributed by atoms with van der Waals surface area (Å²) in [5.74, 6) is -1.21. The number of halogens is 1. The molecular weight excluding hydrogens is 375 g/mol. The highest BCUT2D eigenvalue weighted by Gasteiger charge is 2.28. The molecule has 0 saturated heterocycles. The van der Waals surface area contributed by atoms with Gasteiger partial charge in [0.1, 0.15) is 11.6 Å². The zero-order chi connectivity index (χ0) is 19.6. The predicted molar refractivity (Wildman–Crippen MR) is 95.2 cm³/mol. The Balaban J connectivity index is 1.75. The molecule has 0 aromatic heterocycles. The van der Waals surface area contributed by atoms with Gasteiger partial charge in [0.15, 0.2) is 6.10 Å². The van der Waals surface area contributed by atoms with E-state index in [0.717, 1.165) is 0 Å². The lowest BCUT2D eigenvalue weighted by atomic mass is 10.1. The lowest BCUT2D eigenvalue weighted by Gasteiger charge is -2.25. The number of carbonyl (C=O) groups excluding carboxylic acids is 2. The van der Waals surface area contributed by atoms with Crippen molar-refractivity contribution < 1.29 is 27.1 Å². The molecule has 7 nitrogen and oxygen atoms in total. The topological polar surface area (TPSA) is 102 Å². The second kappa shape index (κ2) is 7.36. The molecule has 0 spiro atoms. The number of amides is 2. The third-order valence-electron chi connectivity index (χ3n) is 3.98. The third-order valence-corrected chi connectivity index (χ3v) is 5.35. The molecule has 0 radical (unpaired) electrons. The quantitative estimate of drug-likeness (QED) is 0.810. The number of benzene rings is 2. The van der Waals surface area contributed by atoms with Gasteiger partial charge in [-0.3, -0.25) is 9.59 Å². The summed E-state index contributed by atoms with van der Waals surface area (Å²) >= 11 is 0. The maximum atomic E-state index is 12.9. The second-order valence-corrected chi connectivity index (χ2v) is 7.68. The first-order valence-electron chi connectivity index (χ1n) is 8.20. The molecule has 1 atom stereocenters. The highest BCUT2D eigenvalue weighted by Crippen LogP contribution is 2.32. The van der Waals surface area contributed by atoms with Crippen molar-refractivity contribution in [1.82, 2.24) is 4.72 Å². The molecule has 0 aliphatic carbocycles. The van der Waals surface area contributed by atoms with Crippen LogP contribution in [0.25, 0.3) is 0 Å². The van der Waals surface area contributed by atoms with E-state index in [-0.39, 0.29) is 22.9 Å². The maximum absolute atomic E-state index is 12.9. The van der Waals surface area contributed by atoms with Crippen LogP contribution in [0.4, 0.5) is 10.1 Å². The first kappa shape index (κ1) is 18.8. The Hall–Kier alpha value is -2.94. The van der Waals surface area contributed by atoms with Crippen LogP contribution in [0.15, 0.2) is 47.4 Å². The van der Waals surface area contributed by atoms with E-state index in [1.54, 1.807) is 6.92 Å². The zero-order valence-corrected chi connectivity index (χ0v) is 15.2. The molecule has 1 aliphatic heterocycles. The van der Waals surface area contributed by atoms with Crippen LogP contribution < -0.4 is 14.8 Å². The van der Waals surface area contributed by atoms with Crippen molar-refractivity contribution in [2.75, 3.05) is 5.32 Å². The number of rotatable bonds is 5. The molecule has 0 bridgehead atoms. The molecule has 2 amide bonds. The summed E-state index contributed by atoms with van der Waals surface area (Å²) in [5.41, 5.74) is 0.694. The fourth-order valence-corrected chi connectivity index (χ4v) is 3.61. The molecule has 0 saturated carbocycles. The highest BCUT2D eigenvalue weighted by atomic mass is 32.2. The van der Waals surface area contributed by atoms with Crippen LogP contribution in [-0.2, 0) is 26.0 Å². The summed E-state index contributed by atoms with van der Waals surface area (Å²) in [4.78, 5) is 23.7. The Labute approximate surface area is 155 Å². The average molecular weight is 392 g/mol. The molecule has 142 valence electrons. The Morgan fingerprint density at radius 3 is 2.59 bits per heavy atom. The fourth-order valence-electron chi connectivity index (χ4n) is 2.60. The van der Waals surface area contributed by atoms with Crippen LogP contribution in [0.5, 0.6) is 5.75 Å². The van der Waals surface area contributed by atoms with Gasteiger partial charge < -0.3 is 10.1 Å². The zero-order valence-electron chi connectivity index (χ0n) is 14.4. The number of hydrogen-bond donors (Lipinski definition) is 2.